The second-order valence-corrected chi connectivity index (χ2v) is 4.41. The summed E-state index contributed by atoms with van der Waals surface area (Å²) in [6.45, 7) is 4.82. The summed E-state index contributed by atoms with van der Waals surface area (Å²) in [6, 6.07) is 6.35. The van der Waals surface area contributed by atoms with E-state index in [0.29, 0.717) is 6.54 Å². The Balaban J connectivity index is 2.43. The van der Waals surface area contributed by atoms with Crippen molar-refractivity contribution in [2.24, 2.45) is 0 Å². The molecule has 94 valence electrons. The zero-order chi connectivity index (χ0) is 12.7. The van der Waals surface area contributed by atoms with Crippen LogP contribution >= 0.6 is 0 Å². The van der Waals surface area contributed by atoms with E-state index in [1.165, 1.54) is 12.1 Å². The summed E-state index contributed by atoms with van der Waals surface area (Å²) in [6.07, 6.45) is 4.77. The minimum absolute atomic E-state index is 0.119. The number of rotatable bonds is 6. The highest BCUT2D eigenvalue weighted by atomic mass is 19.1. The molecule has 0 aliphatic carbocycles. The van der Waals surface area contributed by atoms with Crippen LogP contribution < -0.4 is 5.32 Å². The number of hydrogen-bond acceptors (Lipinski definition) is 2. The molecule has 17 heavy (non-hydrogen) atoms. The van der Waals surface area contributed by atoms with Gasteiger partial charge < -0.3 is 10.4 Å². The maximum Gasteiger partial charge on any atom is 0.123 e. The van der Waals surface area contributed by atoms with Crippen molar-refractivity contribution in [3.63, 3.8) is 0 Å². The first-order valence-electron chi connectivity index (χ1n) is 5.87. The van der Waals surface area contributed by atoms with Crippen molar-refractivity contribution < 1.29 is 9.50 Å². The summed E-state index contributed by atoms with van der Waals surface area (Å²) in [4.78, 5) is 0. The molecule has 0 radical (unpaired) electrons. The van der Waals surface area contributed by atoms with Crippen LogP contribution in [0.4, 0.5) is 4.39 Å². The fourth-order valence-corrected chi connectivity index (χ4v) is 1.37. The second-order valence-electron chi connectivity index (χ2n) is 4.41. The Morgan fingerprint density at radius 3 is 2.53 bits per heavy atom. The van der Waals surface area contributed by atoms with Gasteiger partial charge in [0.2, 0.25) is 0 Å². The van der Waals surface area contributed by atoms with Gasteiger partial charge in [-0.2, -0.15) is 0 Å². The second kappa shape index (κ2) is 6.52. The van der Waals surface area contributed by atoms with E-state index in [0.717, 1.165) is 12.0 Å². The van der Waals surface area contributed by atoms with Gasteiger partial charge in [-0.05, 0) is 31.0 Å². The van der Waals surface area contributed by atoms with Gasteiger partial charge in [0.05, 0.1) is 6.61 Å². The quantitative estimate of drug-likeness (QED) is 0.797. The lowest BCUT2D eigenvalue weighted by molar-refractivity contribution is 0.174. The molecular weight excluding hydrogens is 217 g/mol. The van der Waals surface area contributed by atoms with Crippen LogP contribution in [0.5, 0.6) is 0 Å². The summed E-state index contributed by atoms with van der Waals surface area (Å²) in [5.41, 5.74) is 0.739. The molecule has 1 aromatic rings. The molecule has 1 unspecified atom stereocenters. The molecule has 0 heterocycles. The molecule has 1 aromatic carbocycles. The van der Waals surface area contributed by atoms with Crippen molar-refractivity contribution in [3.8, 4) is 0 Å². The Kier molecular flexibility index (Phi) is 5.32. The highest BCUT2D eigenvalue weighted by Crippen LogP contribution is 2.07. The number of benzene rings is 1. The molecule has 0 aliphatic heterocycles. The fraction of sp³-hybridized carbons (Fsp3) is 0.429. The number of nitrogens with one attached hydrogen (secondary N) is 1. The maximum absolute atomic E-state index is 12.7. The van der Waals surface area contributed by atoms with Crippen molar-refractivity contribution in [1.82, 2.24) is 5.32 Å². The SMILES string of the molecule is CCC(C)(CO)NC/C=C/c1ccc(F)cc1. The van der Waals surface area contributed by atoms with Crippen molar-refractivity contribution in [2.45, 2.75) is 25.8 Å². The molecule has 0 saturated carbocycles. The first kappa shape index (κ1) is 13.9. The summed E-state index contributed by atoms with van der Waals surface area (Å²) in [7, 11) is 0. The molecule has 1 atom stereocenters. The van der Waals surface area contributed by atoms with Crippen LogP contribution in [0, 0.1) is 5.82 Å². The van der Waals surface area contributed by atoms with Crippen molar-refractivity contribution >= 4 is 6.08 Å². The average molecular weight is 237 g/mol. The first-order chi connectivity index (χ1) is 8.09. The number of aliphatic hydroxyl groups excluding tert-OH is 1. The Morgan fingerprint density at radius 2 is 2.00 bits per heavy atom. The smallest absolute Gasteiger partial charge is 0.123 e. The fourth-order valence-electron chi connectivity index (χ4n) is 1.37. The van der Waals surface area contributed by atoms with Gasteiger partial charge in [-0.1, -0.05) is 31.2 Å². The molecule has 0 bridgehead atoms. The molecule has 0 saturated heterocycles. The van der Waals surface area contributed by atoms with Gasteiger partial charge in [-0.15, -0.1) is 0 Å². The van der Waals surface area contributed by atoms with Gasteiger partial charge >= 0.3 is 0 Å². The van der Waals surface area contributed by atoms with Gasteiger partial charge in [-0.3, -0.25) is 0 Å². The Bertz CT molecular complexity index is 355. The molecule has 0 aliphatic rings. The average Bonchev–Trinajstić information content (AvgIpc) is 2.36. The molecule has 0 aromatic heterocycles. The Morgan fingerprint density at radius 1 is 1.35 bits per heavy atom. The van der Waals surface area contributed by atoms with E-state index in [-0.39, 0.29) is 18.0 Å². The van der Waals surface area contributed by atoms with E-state index in [2.05, 4.69) is 5.32 Å². The van der Waals surface area contributed by atoms with Crippen LogP contribution in [0.25, 0.3) is 6.08 Å². The minimum Gasteiger partial charge on any atom is -0.394 e. The monoisotopic (exact) mass is 237 g/mol. The summed E-state index contributed by atoms with van der Waals surface area (Å²) >= 11 is 0. The van der Waals surface area contributed by atoms with Gasteiger partial charge in [0.1, 0.15) is 5.82 Å². The Hall–Kier alpha value is -1.19. The zero-order valence-electron chi connectivity index (χ0n) is 10.4. The highest BCUT2D eigenvalue weighted by Gasteiger charge is 2.18. The summed E-state index contributed by atoms with van der Waals surface area (Å²) < 4.78 is 12.7. The van der Waals surface area contributed by atoms with Gasteiger partial charge in [0, 0.05) is 12.1 Å². The van der Waals surface area contributed by atoms with Crippen LogP contribution in [0.15, 0.2) is 30.3 Å². The van der Waals surface area contributed by atoms with Crippen LogP contribution in [-0.2, 0) is 0 Å². The number of halogens is 1. The highest BCUT2D eigenvalue weighted by molar-refractivity contribution is 5.48. The van der Waals surface area contributed by atoms with Crippen molar-refractivity contribution in [1.29, 1.82) is 0 Å². The topological polar surface area (TPSA) is 32.3 Å². The molecule has 2 N–H and O–H groups in total. The van der Waals surface area contributed by atoms with Gasteiger partial charge in [0.15, 0.2) is 0 Å². The van der Waals surface area contributed by atoms with E-state index >= 15 is 0 Å². The van der Waals surface area contributed by atoms with E-state index in [1.54, 1.807) is 12.1 Å². The zero-order valence-corrected chi connectivity index (χ0v) is 10.4. The lowest BCUT2D eigenvalue weighted by atomic mass is 10.0. The summed E-state index contributed by atoms with van der Waals surface area (Å²) in [5, 5.41) is 12.5. The van der Waals surface area contributed by atoms with Crippen LogP contribution in [0.2, 0.25) is 0 Å². The number of aliphatic hydroxyl groups is 1. The molecule has 0 amide bonds. The standard InChI is InChI=1S/C14H20FNO/c1-3-14(2,11-17)16-10-4-5-12-6-8-13(15)9-7-12/h4-9,16-17H,3,10-11H2,1-2H3/b5-4+. The molecule has 3 heteroatoms. The van der Waals surface area contributed by atoms with Gasteiger partial charge in [0.25, 0.3) is 0 Å². The van der Waals surface area contributed by atoms with E-state index < -0.39 is 0 Å². The van der Waals surface area contributed by atoms with E-state index in [9.17, 15) is 9.50 Å². The molecule has 1 rings (SSSR count). The van der Waals surface area contributed by atoms with Crippen molar-refractivity contribution in [2.75, 3.05) is 13.2 Å². The number of hydrogen-bond donors (Lipinski definition) is 2. The molecule has 0 fully saturated rings. The van der Waals surface area contributed by atoms with Gasteiger partial charge in [-0.25, -0.2) is 4.39 Å². The minimum atomic E-state index is -0.229. The van der Waals surface area contributed by atoms with Crippen molar-refractivity contribution in [3.05, 3.63) is 41.7 Å². The largest absolute Gasteiger partial charge is 0.394 e. The lowest BCUT2D eigenvalue weighted by Gasteiger charge is -2.26. The predicted octanol–water partition coefficient (Wildman–Crippen LogP) is 2.59. The van der Waals surface area contributed by atoms with E-state index in [1.807, 2.05) is 26.0 Å². The molecule has 2 nitrogen and oxygen atoms in total. The van der Waals surface area contributed by atoms with E-state index in [4.69, 9.17) is 0 Å². The third-order valence-corrected chi connectivity index (χ3v) is 2.96. The molecule has 0 spiro atoms. The van der Waals surface area contributed by atoms with Crippen LogP contribution in [-0.4, -0.2) is 23.8 Å². The maximum atomic E-state index is 12.7. The predicted molar refractivity (Wildman–Crippen MR) is 69.2 cm³/mol. The third-order valence-electron chi connectivity index (χ3n) is 2.96. The Labute approximate surface area is 102 Å². The normalized spacial score (nSPS) is 15.1. The lowest BCUT2D eigenvalue weighted by Crippen LogP contribution is -2.45. The third kappa shape index (κ3) is 4.67. The summed E-state index contributed by atoms with van der Waals surface area (Å²) in [5.74, 6) is -0.223. The first-order valence-corrected chi connectivity index (χ1v) is 5.87. The van der Waals surface area contributed by atoms with Crippen LogP contribution in [0.1, 0.15) is 25.8 Å². The molecular formula is C14H20FNO. The van der Waals surface area contributed by atoms with Crippen LogP contribution in [0.3, 0.4) is 0 Å².